The van der Waals surface area contributed by atoms with Crippen LogP contribution in [0.2, 0.25) is 5.02 Å². The second-order valence-corrected chi connectivity index (χ2v) is 7.16. The lowest BCUT2D eigenvalue weighted by Crippen LogP contribution is -2.13. The summed E-state index contributed by atoms with van der Waals surface area (Å²) in [6.07, 6.45) is 5.63. The van der Waals surface area contributed by atoms with Gasteiger partial charge in [-0.15, -0.1) is 5.10 Å². The van der Waals surface area contributed by atoms with Crippen molar-refractivity contribution in [1.29, 1.82) is 0 Å². The first-order valence-corrected chi connectivity index (χ1v) is 9.61. The van der Waals surface area contributed by atoms with Crippen LogP contribution in [0.1, 0.15) is 32.2 Å². The Labute approximate surface area is 169 Å². The minimum absolute atomic E-state index is 0.442. The number of hydrogen-bond donors (Lipinski definition) is 1. The van der Waals surface area contributed by atoms with Crippen LogP contribution in [0.5, 0.6) is 5.75 Å². The highest BCUT2D eigenvalue weighted by atomic mass is 35.5. The average Bonchev–Trinajstić information content (AvgIpc) is 3.10. The quantitative estimate of drug-likeness (QED) is 0.449. The highest BCUT2D eigenvalue weighted by Gasteiger charge is 2.09. The zero-order chi connectivity index (χ0) is 19.9. The fraction of sp³-hybridized carbons (Fsp3) is 0.286. The minimum atomic E-state index is 0.442. The first kappa shape index (κ1) is 19.9. The Morgan fingerprint density at radius 1 is 1.32 bits per heavy atom. The molecule has 0 fully saturated rings. The molecule has 0 amide bonds. The Morgan fingerprint density at radius 2 is 2.18 bits per heavy atom. The van der Waals surface area contributed by atoms with E-state index in [-0.39, 0.29) is 0 Å². The number of pyridine rings is 1. The van der Waals surface area contributed by atoms with Crippen molar-refractivity contribution in [3.05, 3.63) is 71.2 Å². The first-order valence-electron chi connectivity index (χ1n) is 9.23. The maximum Gasteiger partial charge on any atom is 0.202 e. The number of nitrogens with one attached hydrogen (secondary N) is 1. The monoisotopic (exact) mass is 397 g/mol. The molecule has 0 spiro atoms. The lowest BCUT2D eigenvalue weighted by Gasteiger charge is -2.13. The molecule has 0 aliphatic carbocycles. The van der Waals surface area contributed by atoms with E-state index in [9.17, 15) is 0 Å². The normalized spacial score (nSPS) is 12.2. The van der Waals surface area contributed by atoms with Crippen LogP contribution < -0.4 is 10.2 Å². The first-order chi connectivity index (χ1) is 13.6. The Hall–Kier alpha value is -2.86. The van der Waals surface area contributed by atoms with Crippen LogP contribution in [0.3, 0.4) is 0 Å². The van der Waals surface area contributed by atoms with Crippen molar-refractivity contribution in [2.45, 2.75) is 27.3 Å². The second kappa shape index (κ2) is 9.37. The molecule has 1 N–H and O–H groups in total. The van der Waals surface area contributed by atoms with Gasteiger partial charge in [0.25, 0.3) is 0 Å². The van der Waals surface area contributed by atoms with Gasteiger partial charge in [0, 0.05) is 16.8 Å². The highest BCUT2D eigenvalue weighted by molar-refractivity contribution is 6.30. The maximum absolute atomic E-state index is 6.16. The van der Waals surface area contributed by atoms with E-state index < -0.39 is 0 Å². The molecular weight excluding hydrogens is 374 g/mol. The fourth-order valence-electron chi connectivity index (χ4n) is 2.55. The Balaban J connectivity index is 1.78. The van der Waals surface area contributed by atoms with Crippen molar-refractivity contribution in [3.63, 3.8) is 0 Å². The van der Waals surface area contributed by atoms with Crippen LogP contribution in [0.15, 0.2) is 59.8 Å². The van der Waals surface area contributed by atoms with E-state index in [1.807, 2.05) is 61.7 Å². The van der Waals surface area contributed by atoms with E-state index >= 15 is 0 Å². The Morgan fingerprint density at radius 3 is 2.93 bits per heavy atom. The smallest absolute Gasteiger partial charge is 0.202 e. The number of rotatable bonds is 8. The summed E-state index contributed by atoms with van der Waals surface area (Å²) < 4.78 is 7.62. The number of hydrogen-bond acceptors (Lipinski definition) is 5. The molecule has 0 unspecified atom stereocenters. The van der Waals surface area contributed by atoms with Crippen molar-refractivity contribution in [1.82, 2.24) is 20.0 Å². The Bertz CT molecular complexity index is 960. The van der Waals surface area contributed by atoms with Gasteiger partial charge in [-0.2, -0.15) is 5.10 Å². The molecule has 0 aliphatic rings. The number of aromatic nitrogens is 3. The number of hydrazone groups is 1. The molecule has 146 valence electrons. The summed E-state index contributed by atoms with van der Waals surface area (Å²) in [5, 5.41) is 9.62. The van der Waals surface area contributed by atoms with Crippen molar-refractivity contribution >= 4 is 23.0 Å². The largest absolute Gasteiger partial charge is 0.493 e. The molecular formula is C21H24ClN5O. The molecule has 0 radical (unpaired) electrons. The predicted molar refractivity (Wildman–Crippen MR) is 113 cm³/mol. The third-order valence-corrected chi connectivity index (χ3v) is 4.09. The molecule has 0 saturated heterocycles. The summed E-state index contributed by atoms with van der Waals surface area (Å²) >= 11 is 6.16. The molecule has 2 heterocycles. The van der Waals surface area contributed by atoms with Gasteiger partial charge in [-0.25, -0.2) is 9.50 Å². The van der Waals surface area contributed by atoms with Gasteiger partial charge in [0.1, 0.15) is 11.5 Å². The topological polar surface area (TPSA) is 63.8 Å². The van der Waals surface area contributed by atoms with Crippen LogP contribution in [0, 0.1) is 5.92 Å². The average molecular weight is 398 g/mol. The standard InChI is InChI=1S/C21H24ClN5O/c1-4-7-18(21-24-20-8-5-6-11-27(20)26-21)25-23-13-16-12-17(22)9-10-19(16)28-14-15(2)3/h4-12,15,23H,13-14H2,1-3H3/b7-4+,25-18+. The summed E-state index contributed by atoms with van der Waals surface area (Å²) in [6.45, 7) is 7.28. The summed E-state index contributed by atoms with van der Waals surface area (Å²) in [6, 6.07) is 11.3. The summed E-state index contributed by atoms with van der Waals surface area (Å²) in [5.74, 6) is 1.80. The SMILES string of the molecule is C/C=C/C(=N\NCc1cc(Cl)ccc1OCC(C)C)c1nc2ccccn2n1. The summed E-state index contributed by atoms with van der Waals surface area (Å²) in [7, 11) is 0. The molecule has 0 saturated carbocycles. The molecule has 0 aliphatic heterocycles. The van der Waals surface area contributed by atoms with Crippen LogP contribution >= 0.6 is 11.6 Å². The Kier molecular flexibility index (Phi) is 6.66. The zero-order valence-corrected chi connectivity index (χ0v) is 17.0. The van der Waals surface area contributed by atoms with Crippen molar-refractivity contribution in [2.75, 3.05) is 6.61 Å². The zero-order valence-electron chi connectivity index (χ0n) is 16.3. The van der Waals surface area contributed by atoms with E-state index in [1.165, 1.54) is 0 Å². The lowest BCUT2D eigenvalue weighted by molar-refractivity contribution is 0.268. The molecule has 3 rings (SSSR count). The summed E-state index contributed by atoms with van der Waals surface area (Å²) in [4.78, 5) is 4.52. The van der Waals surface area contributed by atoms with Crippen molar-refractivity contribution < 1.29 is 4.74 Å². The number of ether oxygens (including phenoxy) is 1. The molecule has 0 bridgehead atoms. The minimum Gasteiger partial charge on any atom is -0.493 e. The fourth-order valence-corrected chi connectivity index (χ4v) is 2.75. The van der Waals surface area contributed by atoms with Crippen LogP contribution in [-0.2, 0) is 6.54 Å². The summed E-state index contributed by atoms with van der Waals surface area (Å²) in [5.41, 5.74) is 5.46. The van der Waals surface area contributed by atoms with Gasteiger partial charge in [0.15, 0.2) is 5.65 Å². The van der Waals surface area contributed by atoms with Crippen molar-refractivity contribution in [3.8, 4) is 5.75 Å². The molecule has 7 heteroatoms. The highest BCUT2D eigenvalue weighted by Crippen LogP contribution is 2.23. The molecule has 6 nitrogen and oxygen atoms in total. The number of halogens is 1. The molecule has 3 aromatic rings. The third kappa shape index (κ3) is 5.10. The van der Waals surface area contributed by atoms with Gasteiger partial charge in [-0.1, -0.05) is 37.6 Å². The van der Waals surface area contributed by atoms with E-state index in [4.69, 9.17) is 16.3 Å². The predicted octanol–water partition coefficient (Wildman–Crippen LogP) is 4.49. The van der Waals surface area contributed by atoms with Crippen LogP contribution in [0.4, 0.5) is 0 Å². The van der Waals surface area contributed by atoms with Gasteiger partial charge in [0.2, 0.25) is 5.82 Å². The number of allylic oxidation sites excluding steroid dienone is 2. The van der Waals surface area contributed by atoms with Gasteiger partial charge < -0.3 is 10.2 Å². The maximum atomic E-state index is 6.16. The van der Waals surface area contributed by atoms with Crippen LogP contribution in [-0.4, -0.2) is 26.9 Å². The number of benzene rings is 1. The van der Waals surface area contributed by atoms with Gasteiger partial charge >= 0.3 is 0 Å². The molecule has 28 heavy (non-hydrogen) atoms. The third-order valence-electron chi connectivity index (χ3n) is 3.86. The van der Waals surface area contributed by atoms with E-state index in [1.54, 1.807) is 4.52 Å². The molecule has 0 atom stereocenters. The van der Waals surface area contributed by atoms with Gasteiger partial charge in [0.05, 0.1) is 13.2 Å². The number of nitrogens with zero attached hydrogens (tertiary/aromatic N) is 4. The van der Waals surface area contributed by atoms with E-state index in [0.717, 1.165) is 17.0 Å². The molecule has 2 aromatic heterocycles. The van der Waals surface area contributed by atoms with E-state index in [0.29, 0.717) is 35.6 Å². The van der Waals surface area contributed by atoms with Gasteiger partial charge in [-0.3, -0.25) is 0 Å². The lowest BCUT2D eigenvalue weighted by atomic mass is 10.2. The van der Waals surface area contributed by atoms with Crippen LogP contribution in [0.25, 0.3) is 5.65 Å². The number of fused-ring (bicyclic) bond motifs is 1. The van der Waals surface area contributed by atoms with Gasteiger partial charge in [-0.05, 0) is 49.2 Å². The second-order valence-electron chi connectivity index (χ2n) is 6.73. The van der Waals surface area contributed by atoms with E-state index in [2.05, 4.69) is 34.5 Å². The molecule has 1 aromatic carbocycles. The van der Waals surface area contributed by atoms with Crippen molar-refractivity contribution in [2.24, 2.45) is 11.0 Å².